The number of carbonyl (C=O) groups excluding carboxylic acids is 1. The van der Waals surface area contributed by atoms with Crippen molar-refractivity contribution in [2.45, 2.75) is 70.3 Å². The lowest BCUT2D eigenvalue weighted by atomic mass is 9.49. The maximum Gasteiger partial charge on any atom is 0.157 e. The molecule has 7 heteroatoms. The Kier molecular flexibility index (Phi) is 6.77. The first-order chi connectivity index (χ1) is 16.7. The average Bonchev–Trinajstić information content (AvgIpc) is 3.17. The van der Waals surface area contributed by atoms with E-state index in [1.54, 1.807) is 7.11 Å². The van der Waals surface area contributed by atoms with Crippen LogP contribution in [0.15, 0.2) is 29.2 Å². The summed E-state index contributed by atoms with van der Waals surface area (Å²) in [5, 5.41) is 23.0. The van der Waals surface area contributed by atoms with Gasteiger partial charge in [-0.3, -0.25) is 10.2 Å². The standard InChI is InChI=1S/C28H40FN3O3/c1-27-11-9-20-19-10-12-28(34,16-35-2)14-17(19)3-5-21(20)22(27)6-7-23(27)26(33)15-31-32-25-8-4-18(29)13-24(25)30/h4,8,13,17,19-23,30-31,34H,3,5-7,9-12,14-16H2,1-2H3/b30-24?,32-25-/t17-,19+,20-,21-,22+,23-,27+,28-/m1/s1. The molecule has 0 amide bonds. The fourth-order valence-corrected chi connectivity index (χ4v) is 8.82. The molecule has 0 aromatic carbocycles. The molecule has 6 nitrogen and oxygen atoms in total. The number of aliphatic hydroxyl groups is 1. The minimum absolute atomic E-state index is 0.00939. The fourth-order valence-electron chi connectivity index (χ4n) is 8.82. The number of ether oxygens (including phenoxy) is 1. The summed E-state index contributed by atoms with van der Waals surface area (Å²) >= 11 is 0. The quantitative estimate of drug-likeness (QED) is 0.379. The summed E-state index contributed by atoms with van der Waals surface area (Å²) in [5.41, 5.74) is 2.62. The van der Waals surface area contributed by atoms with Crippen LogP contribution in [0.5, 0.6) is 0 Å². The van der Waals surface area contributed by atoms with Crippen LogP contribution in [-0.4, -0.2) is 48.2 Å². The highest BCUT2D eigenvalue weighted by atomic mass is 19.1. The predicted molar refractivity (Wildman–Crippen MR) is 134 cm³/mol. The van der Waals surface area contributed by atoms with Gasteiger partial charge in [0.15, 0.2) is 5.78 Å². The van der Waals surface area contributed by atoms with E-state index in [1.165, 1.54) is 31.4 Å². The first-order valence-electron chi connectivity index (χ1n) is 13.4. The third-order valence-corrected chi connectivity index (χ3v) is 10.3. The van der Waals surface area contributed by atoms with Gasteiger partial charge < -0.3 is 15.3 Å². The molecule has 192 valence electrons. The Morgan fingerprint density at radius 2 is 1.97 bits per heavy atom. The van der Waals surface area contributed by atoms with Gasteiger partial charge in [0.25, 0.3) is 0 Å². The van der Waals surface area contributed by atoms with Gasteiger partial charge in [-0.25, -0.2) is 4.39 Å². The van der Waals surface area contributed by atoms with Gasteiger partial charge in [-0.2, -0.15) is 5.10 Å². The van der Waals surface area contributed by atoms with Gasteiger partial charge in [0, 0.05) is 19.1 Å². The van der Waals surface area contributed by atoms with Crippen LogP contribution in [0.1, 0.15) is 64.7 Å². The number of hydrazone groups is 1. The molecule has 0 radical (unpaired) electrons. The molecule has 0 aliphatic heterocycles. The van der Waals surface area contributed by atoms with E-state index in [-0.39, 0.29) is 29.4 Å². The lowest BCUT2D eigenvalue weighted by molar-refractivity contribution is -0.135. The zero-order valence-corrected chi connectivity index (χ0v) is 21.1. The molecule has 0 bridgehead atoms. The Balaban J connectivity index is 1.21. The van der Waals surface area contributed by atoms with Crippen molar-refractivity contribution in [1.82, 2.24) is 5.43 Å². The Morgan fingerprint density at radius 1 is 1.17 bits per heavy atom. The number of methoxy groups -OCH3 is 1. The molecule has 0 unspecified atom stereocenters. The van der Waals surface area contributed by atoms with E-state index in [4.69, 9.17) is 10.1 Å². The molecular weight excluding hydrogens is 445 g/mol. The van der Waals surface area contributed by atoms with Crippen LogP contribution in [0.3, 0.4) is 0 Å². The summed E-state index contributed by atoms with van der Waals surface area (Å²) < 4.78 is 18.5. The molecule has 0 heterocycles. The summed E-state index contributed by atoms with van der Waals surface area (Å²) in [6, 6.07) is 0. The Morgan fingerprint density at radius 3 is 2.74 bits per heavy atom. The number of hydrogen-bond donors (Lipinski definition) is 3. The van der Waals surface area contributed by atoms with Crippen molar-refractivity contribution >= 4 is 17.2 Å². The van der Waals surface area contributed by atoms with Gasteiger partial charge in [0.2, 0.25) is 0 Å². The van der Waals surface area contributed by atoms with Crippen molar-refractivity contribution in [1.29, 1.82) is 5.41 Å². The van der Waals surface area contributed by atoms with Crippen LogP contribution in [0, 0.1) is 46.3 Å². The van der Waals surface area contributed by atoms with E-state index in [1.807, 2.05) is 0 Å². The topological polar surface area (TPSA) is 94.8 Å². The van der Waals surface area contributed by atoms with Crippen molar-refractivity contribution in [2.24, 2.45) is 46.0 Å². The summed E-state index contributed by atoms with van der Waals surface area (Å²) in [6.45, 7) is 2.95. The molecule has 8 atom stereocenters. The number of ketones is 1. The first kappa shape index (κ1) is 24.8. The van der Waals surface area contributed by atoms with Gasteiger partial charge >= 0.3 is 0 Å². The molecule has 0 aromatic heterocycles. The highest BCUT2D eigenvalue weighted by Gasteiger charge is 2.58. The third kappa shape index (κ3) is 4.55. The predicted octanol–water partition coefficient (Wildman–Crippen LogP) is 4.59. The van der Waals surface area contributed by atoms with Crippen molar-refractivity contribution in [2.75, 3.05) is 20.3 Å². The largest absolute Gasteiger partial charge is 0.387 e. The van der Waals surface area contributed by atoms with Gasteiger partial charge in [-0.05, 0) is 105 Å². The monoisotopic (exact) mass is 485 g/mol. The number of fused-ring (bicyclic) bond motifs is 5. The Hall–Kier alpha value is -1.86. The fraction of sp³-hybridized carbons (Fsp3) is 0.750. The third-order valence-electron chi connectivity index (χ3n) is 10.3. The zero-order valence-electron chi connectivity index (χ0n) is 21.1. The molecule has 35 heavy (non-hydrogen) atoms. The molecule has 5 rings (SSSR count). The van der Waals surface area contributed by atoms with E-state index >= 15 is 0 Å². The molecule has 4 saturated carbocycles. The van der Waals surface area contributed by atoms with Crippen LogP contribution < -0.4 is 5.43 Å². The number of halogens is 1. The number of nitrogens with one attached hydrogen (secondary N) is 2. The normalized spacial score (nSPS) is 43.8. The average molecular weight is 486 g/mol. The van der Waals surface area contributed by atoms with Crippen molar-refractivity contribution in [3.8, 4) is 0 Å². The number of rotatable bonds is 6. The van der Waals surface area contributed by atoms with Crippen LogP contribution >= 0.6 is 0 Å². The molecule has 0 aromatic rings. The van der Waals surface area contributed by atoms with Crippen LogP contribution in [0.4, 0.5) is 4.39 Å². The summed E-state index contributed by atoms with van der Waals surface area (Å²) in [6.07, 6.45) is 13.5. The summed E-state index contributed by atoms with van der Waals surface area (Å²) in [7, 11) is 1.68. The van der Waals surface area contributed by atoms with Crippen LogP contribution in [0.25, 0.3) is 0 Å². The minimum atomic E-state index is -0.649. The summed E-state index contributed by atoms with van der Waals surface area (Å²) in [5.74, 6) is 3.15. The highest BCUT2D eigenvalue weighted by molar-refractivity contribution is 6.50. The molecule has 0 spiro atoms. The first-order valence-corrected chi connectivity index (χ1v) is 13.4. The minimum Gasteiger partial charge on any atom is -0.387 e. The SMILES string of the molecule is COC[C@@]1(O)CC[C@H]2[C@H](CC[C@@H]3[C@@H]2CC[C@]2(C)[C@@H](C(=O)CN/N=C4/C=CC(F)=CC4=N)CC[C@@H]32)C1. The van der Waals surface area contributed by atoms with Gasteiger partial charge in [0.05, 0.1) is 24.5 Å². The van der Waals surface area contributed by atoms with Crippen molar-refractivity contribution in [3.63, 3.8) is 0 Å². The molecule has 4 fully saturated rings. The van der Waals surface area contributed by atoms with Gasteiger partial charge in [-0.15, -0.1) is 0 Å². The number of nitrogens with zero attached hydrogens (tertiary/aromatic N) is 1. The van der Waals surface area contributed by atoms with Gasteiger partial charge in [0.1, 0.15) is 11.5 Å². The van der Waals surface area contributed by atoms with Crippen LogP contribution in [-0.2, 0) is 9.53 Å². The Bertz CT molecular complexity index is 961. The number of hydrogen-bond acceptors (Lipinski definition) is 6. The number of Topliss-reactive ketones (excluding diaryl/α,β-unsaturated/α-hetero) is 1. The second-order valence-corrected chi connectivity index (χ2v) is 12.1. The van der Waals surface area contributed by atoms with E-state index in [0.29, 0.717) is 36.0 Å². The maximum atomic E-state index is 13.3. The molecule has 3 N–H and O–H groups in total. The van der Waals surface area contributed by atoms with Gasteiger partial charge in [-0.1, -0.05) is 6.92 Å². The molecule has 5 aliphatic carbocycles. The number of allylic oxidation sites excluding steroid dienone is 4. The Labute approximate surface area is 208 Å². The van der Waals surface area contributed by atoms with E-state index < -0.39 is 11.4 Å². The van der Waals surface area contributed by atoms with E-state index in [0.717, 1.165) is 50.5 Å². The number of carbonyl (C=O) groups is 1. The molecule has 0 saturated heterocycles. The molecular formula is C28H40FN3O3. The maximum absolute atomic E-state index is 13.3. The molecule has 5 aliphatic rings. The summed E-state index contributed by atoms with van der Waals surface area (Å²) in [4.78, 5) is 13.3. The van der Waals surface area contributed by atoms with Crippen LogP contribution in [0.2, 0.25) is 0 Å². The van der Waals surface area contributed by atoms with E-state index in [9.17, 15) is 14.3 Å². The lowest BCUT2D eigenvalue weighted by Gasteiger charge is -2.57. The van der Waals surface area contributed by atoms with Crippen molar-refractivity contribution in [3.05, 3.63) is 24.1 Å². The van der Waals surface area contributed by atoms with E-state index in [2.05, 4.69) is 17.5 Å². The van der Waals surface area contributed by atoms with Crippen molar-refractivity contribution < 1.29 is 19.0 Å². The second-order valence-electron chi connectivity index (χ2n) is 12.1. The lowest BCUT2D eigenvalue weighted by Crippen LogP contribution is -2.52. The highest BCUT2D eigenvalue weighted by Crippen LogP contribution is 2.64. The smallest absolute Gasteiger partial charge is 0.157 e. The zero-order chi connectivity index (χ0) is 24.8. The second kappa shape index (κ2) is 9.55.